The molecule has 0 aliphatic carbocycles. The number of thioether (sulfide) groups is 1. The van der Waals surface area contributed by atoms with E-state index in [9.17, 15) is 17.6 Å². The van der Waals surface area contributed by atoms with Crippen molar-refractivity contribution in [2.24, 2.45) is 0 Å². The second-order valence-electron chi connectivity index (χ2n) is 5.84. The molecule has 0 aromatic heterocycles. The van der Waals surface area contributed by atoms with E-state index >= 15 is 0 Å². The van der Waals surface area contributed by atoms with E-state index in [1.165, 1.54) is 6.07 Å². The molecule has 0 heterocycles. The Balaban J connectivity index is 2.87. The molecule has 114 valence electrons. The third-order valence-corrected chi connectivity index (χ3v) is 3.90. The molecule has 0 unspecified atom stereocenters. The molecule has 21 heavy (non-hydrogen) atoms. The van der Waals surface area contributed by atoms with Crippen LogP contribution in [0.2, 0.25) is 0 Å². The van der Waals surface area contributed by atoms with E-state index in [2.05, 4.69) is 0 Å². The number of fused-ring (bicyclic) bond motifs is 1. The Hall–Kier alpha value is -1.43. The number of halogens is 4. The second-order valence-corrected chi connectivity index (χ2v) is 6.92. The van der Waals surface area contributed by atoms with Gasteiger partial charge in [-0.2, -0.15) is 13.2 Å². The number of nitrogen functional groups attached to an aromatic ring is 1. The molecule has 2 rings (SSSR count). The maximum atomic E-state index is 14.0. The van der Waals surface area contributed by atoms with Crippen molar-refractivity contribution >= 4 is 28.2 Å². The van der Waals surface area contributed by atoms with Crippen LogP contribution in [0.25, 0.3) is 10.8 Å². The maximum Gasteiger partial charge on any atom is 0.446 e. The summed E-state index contributed by atoms with van der Waals surface area (Å²) in [6.07, 6.45) is 0. The molecular weight excluding hydrogens is 302 g/mol. The summed E-state index contributed by atoms with van der Waals surface area (Å²) in [5.41, 5.74) is 1.85. The van der Waals surface area contributed by atoms with Crippen LogP contribution in [0.4, 0.5) is 23.2 Å². The van der Waals surface area contributed by atoms with E-state index in [0.717, 1.165) is 6.07 Å². The third kappa shape index (κ3) is 3.43. The Kier molecular flexibility index (Phi) is 3.86. The molecular formula is C15H15F4NS. The smallest absolute Gasteiger partial charge is 0.399 e. The molecule has 0 fully saturated rings. The van der Waals surface area contributed by atoms with Crippen molar-refractivity contribution in [1.82, 2.24) is 0 Å². The molecule has 1 nitrogen and oxygen atoms in total. The lowest BCUT2D eigenvalue weighted by molar-refractivity contribution is -0.0328. The van der Waals surface area contributed by atoms with Gasteiger partial charge in [0.2, 0.25) is 0 Å². The van der Waals surface area contributed by atoms with Gasteiger partial charge in [-0.25, -0.2) is 4.39 Å². The van der Waals surface area contributed by atoms with E-state index in [0.29, 0.717) is 16.6 Å². The van der Waals surface area contributed by atoms with Gasteiger partial charge in [-0.1, -0.05) is 26.8 Å². The fourth-order valence-corrected chi connectivity index (χ4v) is 2.96. The molecule has 0 saturated carbocycles. The summed E-state index contributed by atoms with van der Waals surface area (Å²) in [6, 6.07) is 5.67. The lowest BCUT2D eigenvalue weighted by Crippen LogP contribution is -2.13. The standard InChI is InChI=1S/C15H15F4NS/c1-14(2,3)10-7-9(20)6-8-4-5-11(16)13(12(8)10)21-15(17,18)19/h4-7H,20H2,1-3H3. The third-order valence-electron chi connectivity index (χ3n) is 3.07. The van der Waals surface area contributed by atoms with Crippen LogP contribution in [0.3, 0.4) is 0 Å². The summed E-state index contributed by atoms with van der Waals surface area (Å²) in [6.45, 7) is 5.57. The molecule has 0 aliphatic rings. The van der Waals surface area contributed by atoms with Crippen LogP contribution in [0.5, 0.6) is 0 Å². The first-order chi connectivity index (χ1) is 9.49. The molecule has 0 atom stereocenters. The Morgan fingerprint density at radius 1 is 1.05 bits per heavy atom. The molecule has 2 aromatic carbocycles. The van der Waals surface area contributed by atoms with Gasteiger partial charge >= 0.3 is 5.51 Å². The van der Waals surface area contributed by atoms with E-state index in [1.807, 2.05) is 20.8 Å². The van der Waals surface area contributed by atoms with Gasteiger partial charge in [0.05, 0.1) is 4.90 Å². The van der Waals surface area contributed by atoms with E-state index < -0.39 is 33.4 Å². The highest BCUT2D eigenvalue weighted by atomic mass is 32.2. The van der Waals surface area contributed by atoms with Crippen LogP contribution in [-0.2, 0) is 5.41 Å². The van der Waals surface area contributed by atoms with Crippen molar-refractivity contribution in [3.63, 3.8) is 0 Å². The highest BCUT2D eigenvalue weighted by molar-refractivity contribution is 8.00. The summed E-state index contributed by atoms with van der Waals surface area (Å²) >= 11 is -0.423. The number of nitrogens with two attached hydrogens (primary N) is 1. The normalized spacial score (nSPS) is 12.9. The Morgan fingerprint density at radius 3 is 2.19 bits per heavy atom. The minimum absolute atomic E-state index is 0.277. The predicted octanol–water partition coefficient (Wildman–Crippen LogP) is 5.47. The van der Waals surface area contributed by atoms with Crippen molar-refractivity contribution in [2.45, 2.75) is 36.6 Å². The summed E-state index contributed by atoms with van der Waals surface area (Å²) in [5.74, 6) is -0.875. The lowest BCUT2D eigenvalue weighted by Gasteiger charge is -2.24. The van der Waals surface area contributed by atoms with Crippen LogP contribution >= 0.6 is 11.8 Å². The molecule has 2 N–H and O–H groups in total. The number of benzene rings is 2. The highest BCUT2D eigenvalue weighted by Crippen LogP contribution is 2.45. The summed E-state index contributed by atoms with van der Waals surface area (Å²) in [4.78, 5) is -0.398. The molecule has 0 spiro atoms. The van der Waals surface area contributed by atoms with Gasteiger partial charge in [-0.3, -0.25) is 0 Å². The zero-order valence-corrected chi connectivity index (χ0v) is 12.6. The lowest BCUT2D eigenvalue weighted by atomic mass is 9.83. The number of alkyl halides is 3. The van der Waals surface area contributed by atoms with Crippen LogP contribution in [0, 0.1) is 5.82 Å². The van der Waals surface area contributed by atoms with E-state index in [4.69, 9.17) is 5.73 Å². The highest BCUT2D eigenvalue weighted by Gasteiger charge is 2.33. The topological polar surface area (TPSA) is 26.0 Å². The maximum absolute atomic E-state index is 14.0. The van der Waals surface area contributed by atoms with Crippen molar-refractivity contribution in [3.05, 3.63) is 35.6 Å². The first kappa shape index (κ1) is 15.9. The van der Waals surface area contributed by atoms with Gasteiger partial charge in [0.25, 0.3) is 0 Å². The number of hydrogen-bond donors (Lipinski definition) is 1. The summed E-state index contributed by atoms with van der Waals surface area (Å²) in [7, 11) is 0. The molecule has 0 aliphatic heterocycles. The number of anilines is 1. The van der Waals surface area contributed by atoms with Gasteiger partial charge in [0, 0.05) is 11.1 Å². The minimum atomic E-state index is -4.55. The number of hydrogen-bond acceptors (Lipinski definition) is 2. The van der Waals surface area contributed by atoms with Gasteiger partial charge in [0.1, 0.15) is 5.82 Å². The van der Waals surface area contributed by atoms with Crippen LogP contribution < -0.4 is 5.73 Å². The predicted molar refractivity (Wildman–Crippen MR) is 78.9 cm³/mol. The van der Waals surface area contributed by atoms with Crippen molar-refractivity contribution in [2.75, 3.05) is 5.73 Å². The molecule has 0 amide bonds. The van der Waals surface area contributed by atoms with Crippen molar-refractivity contribution < 1.29 is 17.6 Å². The molecule has 0 saturated heterocycles. The van der Waals surface area contributed by atoms with Gasteiger partial charge in [-0.15, -0.1) is 0 Å². The Morgan fingerprint density at radius 2 is 1.67 bits per heavy atom. The van der Waals surface area contributed by atoms with Gasteiger partial charge < -0.3 is 5.73 Å². The Labute approximate surface area is 124 Å². The molecule has 6 heteroatoms. The zero-order valence-electron chi connectivity index (χ0n) is 11.8. The summed E-state index contributed by atoms with van der Waals surface area (Å²) < 4.78 is 52.2. The molecule has 2 aromatic rings. The van der Waals surface area contributed by atoms with Crippen molar-refractivity contribution in [1.29, 1.82) is 0 Å². The fourth-order valence-electron chi connectivity index (χ4n) is 2.24. The van der Waals surface area contributed by atoms with Crippen LogP contribution in [0.15, 0.2) is 29.2 Å². The SMILES string of the molecule is CC(C)(C)c1cc(N)cc2ccc(F)c(SC(F)(F)F)c12. The molecule has 0 radical (unpaired) electrons. The fraction of sp³-hybridized carbons (Fsp3) is 0.333. The first-order valence-corrected chi connectivity index (χ1v) is 7.08. The quantitative estimate of drug-likeness (QED) is 0.429. The van der Waals surface area contributed by atoms with Crippen LogP contribution in [-0.4, -0.2) is 5.51 Å². The average Bonchev–Trinajstić information content (AvgIpc) is 2.29. The zero-order chi connectivity index (χ0) is 16.0. The van der Waals surface area contributed by atoms with Crippen molar-refractivity contribution in [3.8, 4) is 0 Å². The largest absolute Gasteiger partial charge is 0.446 e. The average molecular weight is 317 g/mol. The number of rotatable bonds is 1. The molecule has 0 bridgehead atoms. The van der Waals surface area contributed by atoms with Crippen LogP contribution in [0.1, 0.15) is 26.3 Å². The van der Waals surface area contributed by atoms with Gasteiger partial charge in [0.15, 0.2) is 0 Å². The summed E-state index contributed by atoms with van der Waals surface area (Å²) in [5, 5.41) is 0.784. The monoisotopic (exact) mass is 317 g/mol. The van der Waals surface area contributed by atoms with E-state index in [1.54, 1.807) is 12.1 Å². The van der Waals surface area contributed by atoms with E-state index in [-0.39, 0.29) is 5.39 Å². The Bertz CT molecular complexity index is 687. The first-order valence-electron chi connectivity index (χ1n) is 6.27. The second kappa shape index (κ2) is 5.09. The van der Waals surface area contributed by atoms with Gasteiger partial charge in [-0.05, 0) is 46.3 Å². The minimum Gasteiger partial charge on any atom is -0.399 e.